The highest BCUT2D eigenvalue weighted by Gasteiger charge is 2.55. The Labute approximate surface area is 870 Å². The van der Waals surface area contributed by atoms with Crippen molar-refractivity contribution < 1.29 is 129 Å². The number of phenols is 2. The highest BCUT2D eigenvalue weighted by atomic mass is 35.5. The number of nitrogens with zero attached hydrogens (tertiary/aromatic N) is 6. The Morgan fingerprint density at radius 2 is 1.33 bits per heavy atom. The fourth-order valence-corrected chi connectivity index (χ4v) is 19.6. The van der Waals surface area contributed by atoms with E-state index in [9.17, 15) is 80.5 Å². The molecule has 43 heteroatoms. The third-order valence-electron chi connectivity index (χ3n) is 28.1. The lowest BCUT2D eigenvalue weighted by molar-refractivity contribution is -0.332. The molecule has 4 fully saturated rings. The molecule has 1 spiro atoms. The van der Waals surface area contributed by atoms with Crippen LogP contribution >= 0.6 is 23.2 Å². The third kappa shape index (κ3) is 27.9. The molecule has 0 radical (unpaired) electrons. The SMILES string of the molecule is CC(C)N=c1cc2n(-c3ccc(Cl)cc3)c3ccccc3nc-2cc1Nc1ccc(Cl)cc1.CCC(CO)NCCNC(CC)CO.CO[C@H]1/C=C/O[C@@]2(C)Oc3c(C)c(O)c4c(O)c(c5c(c4c3C2=O)=NC2(CCN(CC(C)C)CC2)N=5)NC(=O)/C(C)=C\C=C\[C@H](C)[C@H](O)[C@@H](C)[C@@H](O)[C@@H](C)[C@H](OC(C)=O)[C@@H]1C.NCC[C@H](O)C(=O)N[C@@H]1C[C@H](N)[C@@H](O[C@H]2O[C@H](CN)[C@@H](O)[C@H](O)[C@H]2O)[C@H](O)[C@H]1O[C@H]1O[C@H](CO)[C@@H](O)[C@H](N)[C@H]1O. The quantitative estimate of drug-likeness (QED) is 0.0152. The van der Waals surface area contributed by atoms with Crippen LogP contribution in [0.3, 0.4) is 0 Å². The second-order valence-electron chi connectivity index (χ2n) is 39.9. The van der Waals surface area contributed by atoms with Gasteiger partial charge in [0, 0.05) is 159 Å². The number of hydrogen-bond acceptors (Lipinski definition) is 38. The van der Waals surface area contributed by atoms with Crippen molar-refractivity contribution >= 4 is 85.6 Å². The van der Waals surface area contributed by atoms with Gasteiger partial charge in [-0.15, -0.1) is 0 Å². The Morgan fingerprint density at radius 1 is 0.716 bits per heavy atom. The summed E-state index contributed by atoms with van der Waals surface area (Å²) in [5.74, 6) is -7.29. The number of piperidine rings is 1. The molecule has 0 aromatic heterocycles. The minimum absolute atomic E-state index is 0.0101. The van der Waals surface area contributed by atoms with Gasteiger partial charge in [0.1, 0.15) is 95.8 Å². The van der Waals surface area contributed by atoms with Crippen molar-refractivity contribution in [3.63, 3.8) is 0 Å². The number of esters is 1. The number of benzene rings is 6. The number of nitrogens with one attached hydrogen (secondary N) is 5. The zero-order valence-corrected chi connectivity index (χ0v) is 87.9. The number of aromatic nitrogens is 2. The molecule has 41 nitrogen and oxygen atoms in total. The molecule has 816 valence electrons. The molecule has 27 atom stereocenters. The zero-order valence-electron chi connectivity index (χ0n) is 86.4. The molecule has 9 aliphatic rings. The highest BCUT2D eigenvalue weighted by Crippen LogP contribution is 2.51. The number of carbonyl (C=O) groups excluding carboxylic acids is 4. The van der Waals surface area contributed by atoms with Crippen LogP contribution in [-0.2, 0) is 47.5 Å². The number of aromatic hydroxyl groups is 2. The van der Waals surface area contributed by atoms with Crippen LogP contribution < -0.4 is 70.3 Å². The molecule has 5 aromatic rings. The maximum absolute atomic E-state index is 14.7. The van der Waals surface area contributed by atoms with Gasteiger partial charge in [0.15, 0.2) is 24.0 Å². The van der Waals surface area contributed by atoms with E-state index >= 15 is 0 Å². The van der Waals surface area contributed by atoms with E-state index in [1.54, 1.807) is 65.8 Å². The van der Waals surface area contributed by atoms with Crippen molar-refractivity contribution in [3.05, 3.63) is 158 Å². The van der Waals surface area contributed by atoms with Gasteiger partial charge in [0.25, 0.3) is 11.7 Å². The number of carbonyl (C=O) groups is 4. The normalized spacial score (nSPS) is 30.3. The van der Waals surface area contributed by atoms with Crippen LogP contribution in [0.4, 0.5) is 17.1 Å². The summed E-state index contributed by atoms with van der Waals surface area (Å²) >= 11 is 12.2. The van der Waals surface area contributed by atoms with Crippen molar-refractivity contribution in [2.45, 2.75) is 287 Å². The number of ether oxygens (including phenoxy) is 8. The number of ketones is 1. The minimum atomic E-state index is -1.96. The number of amides is 2. The summed E-state index contributed by atoms with van der Waals surface area (Å²) in [5.41, 5.74) is 29.1. The Balaban J connectivity index is 0.000000206. The van der Waals surface area contributed by atoms with Gasteiger partial charge in [0.2, 0.25) is 5.91 Å². The van der Waals surface area contributed by atoms with Crippen LogP contribution in [-0.4, -0.2) is 334 Å². The van der Waals surface area contributed by atoms with E-state index in [0.29, 0.717) is 41.9 Å². The summed E-state index contributed by atoms with van der Waals surface area (Å²) in [4.78, 5) is 76.1. The van der Waals surface area contributed by atoms with Gasteiger partial charge < -0.3 is 168 Å². The van der Waals surface area contributed by atoms with Gasteiger partial charge in [-0.05, 0) is 145 Å². The number of aliphatic hydroxyl groups is 12. The van der Waals surface area contributed by atoms with Crippen molar-refractivity contribution in [2.75, 3.05) is 83.4 Å². The minimum Gasteiger partial charge on any atom is -0.507 e. The molecule has 7 aliphatic heterocycles. The van der Waals surface area contributed by atoms with Gasteiger partial charge in [-0.2, -0.15) is 0 Å². The number of Topliss-reactive ketones (excluding diaryl/α,β-unsaturated/α-hetero) is 1. The molecular formula is C105H151Cl2N15O26. The molecule has 5 aromatic carbocycles. The lowest BCUT2D eigenvalue weighted by Gasteiger charge is -2.49. The van der Waals surface area contributed by atoms with Gasteiger partial charge >= 0.3 is 11.8 Å². The number of para-hydroxylation sites is 2. The number of rotatable bonds is 27. The van der Waals surface area contributed by atoms with E-state index in [-0.39, 0.29) is 113 Å². The molecule has 14 rings (SSSR count). The summed E-state index contributed by atoms with van der Waals surface area (Å²) in [7, 11) is 1.47. The van der Waals surface area contributed by atoms with Crippen LogP contribution in [0, 0.1) is 36.5 Å². The summed E-state index contributed by atoms with van der Waals surface area (Å²) in [6.07, 6.45) is -12.9. The van der Waals surface area contributed by atoms with Crippen molar-refractivity contribution in [2.24, 2.45) is 67.5 Å². The van der Waals surface area contributed by atoms with E-state index in [4.69, 9.17) is 114 Å². The molecule has 148 heavy (non-hydrogen) atoms. The number of halogens is 2. The highest BCUT2D eigenvalue weighted by molar-refractivity contribution is 6.31. The predicted molar refractivity (Wildman–Crippen MR) is 556 cm³/mol. The second kappa shape index (κ2) is 53.2. The van der Waals surface area contributed by atoms with Crippen molar-refractivity contribution in [1.29, 1.82) is 0 Å². The predicted octanol–water partition coefficient (Wildman–Crippen LogP) is 3.52. The Hall–Kier alpha value is -9.50. The van der Waals surface area contributed by atoms with Crippen LogP contribution in [0.1, 0.15) is 144 Å². The number of allylic oxidation sites excluding steroid dienone is 2. The summed E-state index contributed by atoms with van der Waals surface area (Å²) < 4.78 is 48.7. The summed E-state index contributed by atoms with van der Waals surface area (Å²) in [6.45, 7) is 28.9. The number of aliphatic hydroxyl groups excluding tert-OH is 12. The molecule has 2 amide bonds. The molecule has 1 saturated carbocycles. The smallest absolute Gasteiger partial charge is 0.312 e. The van der Waals surface area contributed by atoms with Crippen molar-refractivity contribution in [3.8, 4) is 34.3 Å². The largest absolute Gasteiger partial charge is 0.507 e. The molecular weight excluding hydrogens is 1960 g/mol. The number of nitrogens with two attached hydrogens (primary N) is 4. The van der Waals surface area contributed by atoms with E-state index in [0.717, 1.165) is 77.3 Å². The Kier molecular flexibility index (Phi) is 42.7. The summed E-state index contributed by atoms with van der Waals surface area (Å²) in [5, 5.41) is 165. The average Bonchev–Trinajstić information content (AvgIpc) is 1.53. The van der Waals surface area contributed by atoms with E-state index in [1.807, 2.05) is 80.6 Å². The molecule has 4 bridgehead atoms. The van der Waals surface area contributed by atoms with Gasteiger partial charge in [0.05, 0.1) is 106 Å². The Morgan fingerprint density at radius 3 is 1.93 bits per heavy atom. The molecule has 2 aliphatic carbocycles. The van der Waals surface area contributed by atoms with Crippen LogP contribution in [0.5, 0.6) is 17.2 Å². The topological polar surface area (TPSA) is 648 Å². The van der Waals surface area contributed by atoms with Gasteiger partial charge in [-0.1, -0.05) is 109 Å². The first-order valence-corrected chi connectivity index (χ1v) is 51.3. The number of fused-ring (bicyclic) bond motifs is 3. The zero-order chi connectivity index (χ0) is 109. The van der Waals surface area contributed by atoms with E-state index in [2.05, 4.69) is 81.9 Å². The second-order valence-corrected chi connectivity index (χ2v) is 40.8. The number of hydrogen-bond donors (Lipinski definition) is 23. The number of methoxy groups -OCH3 is 1. The van der Waals surface area contributed by atoms with E-state index in [1.165, 1.54) is 27.2 Å². The maximum Gasteiger partial charge on any atom is 0.312 e. The maximum atomic E-state index is 14.7. The average molecular weight is 2110 g/mol. The third-order valence-corrected chi connectivity index (χ3v) is 28.6. The fraction of sp³-hybridized carbons (Fsp3) is 0.581. The van der Waals surface area contributed by atoms with Crippen molar-refractivity contribution in [1.82, 2.24) is 30.4 Å². The molecule has 27 N–H and O–H groups in total. The number of likely N-dealkylation sites (tertiary alicyclic amines) is 1. The molecule has 3 saturated heterocycles. The van der Waals surface area contributed by atoms with Crippen LogP contribution in [0.2, 0.25) is 10.0 Å². The lowest BCUT2D eigenvalue weighted by Crippen LogP contribution is -2.69. The van der Waals surface area contributed by atoms with Crippen LogP contribution in [0.25, 0.3) is 38.9 Å². The molecule has 7 heterocycles. The standard InChI is InChI=1S/C46H62N4O11.C27H22Cl2N4.C22H43N5O13.C10H24N2O2/c1-22(2)21-50-18-16-46(17-19-50)48-34-31-32-39(54)28(8)42-33(31)43(56)45(10,61-42)59-20-15-30(58-11)25(5)41(60-29(9)51)27(7)38(53)26(6)37(52)23(3)13-12-14-24(4)44(57)47-36(40(32)55)35(34)49-46;1-17(2)30-24-16-27-25(15-23(24)31-20-11-7-18(28)8-12-20)32-22-5-3-4-6-26(22)33(27)21-13-9-19(29)10-14-21;23-2-1-8(29)20(36)27-7-3-6(25)18(39-22-16(34)15(33)13(31)9(4-24)37-22)17(35)19(7)40-21-14(32)11(26)12(30)10(5-28)38-21;1-3-9(7-13)11-5-6-12-10(4-2)8-14/h12-15,20,22-23,25-27,30,37-38,41,52-55H,16-19,21H2,1-11H3,(H,47,57);3-17,31H,1-2H3;6-19,21-22,28-35H,1-5,23-26H2,(H,27,36);9-14H,3-8H2,1-2H3/b13-12+,20-15+,24-14-;;;/t23-,25+,26+,27+,30-,37-,38+,41+,45-;;6-,7+,8-,9+,10+,11-,12+,13+,14+,15-,16+,17-,18+,19-,21+,22+;/m0.0./s1. The van der Waals surface area contributed by atoms with E-state index < -0.39 is 193 Å². The van der Waals surface area contributed by atoms with Gasteiger partial charge in [-0.3, -0.25) is 34.2 Å². The van der Waals surface area contributed by atoms with Gasteiger partial charge in [-0.25, -0.2) is 4.98 Å². The summed E-state index contributed by atoms with van der Waals surface area (Å²) in [6, 6.07) is 24.9. The number of anilines is 3. The monoisotopic (exact) mass is 2110 g/mol. The first-order valence-electron chi connectivity index (χ1n) is 50.5. The first-order chi connectivity index (χ1) is 70.2. The Bertz CT molecular complexity index is 5880. The first kappa shape index (κ1) is 119. The molecule has 2 unspecified atom stereocenters. The lowest BCUT2D eigenvalue weighted by atomic mass is 9.78. The number of phenolic OH excluding ortho intramolecular Hbond substituents is 2. The van der Waals surface area contributed by atoms with Crippen LogP contribution in [0.15, 0.2) is 136 Å². The fourth-order valence-electron chi connectivity index (χ4n) is 19.4.